The number of carbonyl (C=O) groups is 2. The molecular formula is C32H34FNO3. The molecule has 0 unspecified atom stereocenters. The van der Waals surface area contributed by atoms with Crippen LogP contribution in [0.25, 0.3) is 33.4 Å². The number of fused-ring (bicyclic) bond motifs is 1. The minimum absolute atomic E-state index is 0.0515. The van der Waals surface area contributed by atoms with E-state index >= 15 is 0 Å². The Kier molecular flexibility index (Phi) is 7.09. The van der Waals surface area contributed by atoms with Gasteiger partial charge in [0.25, 0.3) is 5.91 Å². The van der Waals surface area contributed by atoms with E-state index in [2.05, 4.69) is 26.1 Å². The van der Waals surface area contributed by atoms with Gasteiger partial charge in [-0.15, -0.1) is 0 Å². The van der Waals surface area contributed by atoms with Crippen molar-refractivity contribution in [2.45, 2.75) is 59.9 Å². The highest BCUT2D eigenvalue weighted by atomic mass is 19.1. The maximum absolute atomic E-state index is 13.5. The molecular weight excluding hydrogens is 465 g/mol. The van der Waals surface area contributed by atoms with Crippen molar-refractivity contribution in [1.82, 2.24) is 5.32 Å². The molecule has 4 nitrogen and oxygen atoms in total. The van der Waals surface area contributed by atoms with Crippen LogP contribution in [-0.4, -0.2) is 17.2 Å². The lowest BCUT2D eigenvalue weighted by Crippen LogP contribution is -2.45. The molecule has 4 aromatic rings. The number of halogens is 1. The van der Waals surface area contributed by atoms with Gasteiger partial charge in [-0.05, 0) is 85.3 Å². The summed E-state index contributed by atoms with van der Waals surface area (Å²) in [6, 6.07) is 19.1. The maximum atomic E-state index is 13.5. The number of furan rings is 1. The topological polar surface area (TPSA) is 59.3 Å². The predicted molar refractivity (Wildman–Crippen MR) is 147 cm³/mol. The average molecular weight is 500 g/mol. The van der Waals surface area contributed by atoms with E-state index in [1.54, 1.807) is 18.2 Å². The van der Waals surface area contributed by atoms with Gasteiger partial charge in [0.1, 0.15) is 17.2 Å². The molecule has 1 amide bonds. The molecule has 0 bridgehead atoms. The summed E-state index contributed by atoms with van der Waals surface area (Å²) in [5.74, 6) is -0.0881. The molecule has 4 rings (SSSR count). The summed E-state index contributed by atoms with van der Waals surface area (Å²) in [4.78, 5) is 26.1. The quantitative estimate of drug-likeness (QED) is 0.260. The number of nitrogens with one attached hydrogen (secondary N) is 1. The van der Waals surface area contributed by atoms with E-state index in [0.717, 1.165) is 17.5 Å². The van der Waals surface area contributed by atoms with Crippen molar-refractivity contribution < 1.29 is 18.4 Å². The van der Waals surface area contributed by atoms with Crippen molar-refractivity contribution in [3.8, 4) is 22.5 Å². The summed E-state index contributed by atoms with van der Waals surface area (Å²) in [6.45, 7) is 12.4. The van der Waals surface area contributed by atoms with Crippen molar-refractivity contribution in [2.75, 3.05) is 0 Å². The van der Waals surface area contributed by atoms with Gasteiger partial charge in [0, 0.05) is 28.5 Å². The summed E-state index contributed by atoms with van der Waals surface area (Å²) < 4.78 is 19.6. The highest BCUT2D eigenvalue weighted by Crippen LogP contribution is 2.37. The van der Waals surface area contributed by atoms with E-state index in [1.807, 2.05) is 57.2 Å². The van der Waals surface area contributed by atoms with E-state index < -0.39 is 0 Å². The Morgan fingerprint density at radius 2 is 1.51 bits per heavy atom. The second-order valence-electron chi connectivity index (χ2n) is 11.5. The molecule has 192 valence electrons. The van der Waals surface area contributed by atoms with Gasteiger partial charge in [0.15, 0.2) is 5.78 Å². The third kappa shape index (κ3) is 5.99. The SMILES string of the molecule is CCC(=O)c1c(-c2ccc(F)cc2)oc2ccc(-c3cccc(C(=O)NC(C)(C)CC(C)(C)C)c3)cc12. The summed E-state index contributed by atoms with van der Waals surface area (Å²) >= 11 is 0. The number of hydrogen-bond donors (Lipinski definition) is 1. The molecule has 37 heavy (non-hydrogen) atoms. The van der Waals surface area contributed by atoms with Crippen molar-refractivity contribution in [1.29, 1.82) is 0 Å². The largest absolute Gasteiger partial charge is 0.455 e. The molecule has 0 atom stereocenters. The first-order valence-electron chi connectivity index (χ1n) is 12.7. The molecule has 1 aromatic heterocycles. The van der Waals surface area contributed by atoms with Gasteiger partial charge in [-0.25, -0.2) is 4.39 Å². The first-order chi connectivity index (χ1) is 17.4. The van der Waals surface area contributed by atoms with Gasteiger partial charge in [-0.1, -0.05) is 45.9 Å². The standard InChI is InChI=1S/C32H34FNO3/c1-7-26(35)28-25-18-22(13-16-27(25)37-29(28)20-11-14-24(33)15-12-20)21-9-8-10-23(17-21)30(36)34-32(5,6)19-31(2,3)4/h8-18H,7,19H2,1-6H3,(H,34,36). The third-order valence-electron chi connectivity index (χ3n) is 6.28. The zero-order valence-electron chi connectivity index (χ0n) is 22.4. The minimum atomic E-state index is -0.354. The average Bonchev–Trinajstić information content (AvgIpc) is 3.21. The van der Waals surface area contributed by atoms with Crippen LogP contribution in [0.1, 0.15) is 75.1 Å². The molecule has 1 N–H and O–H groups in total. The van der Waals surface area contributed by atoms with Gasteiger partial charge in [-0.2, -0.15) is 0 Å². The monoisotopic (exact) mass is 499 g/mol. The van der Waals surface area contributed by atoms with Gasteiger partial charge in [0.2, 0.25) is 0 Å². The lowest BCUT2D eigenvalue weighted by Gasteiger charge is -2.33. The summed E-state index contributed by atoms with van der Waals surface area (Å²) in [6.07, 6.45) is 1.15. The van der Waals surface area contributed by atoms with Crippen LogP contribution in [0.2, 0.25) is 0 Å². The second-order valence-corrected chi connectivity index (χ2v) is 11.5. The van der Waals surface area contributed by atoms with Crippen molar-refractivity contribution in [2.24, 2.45) is 5.41 Å². The van der Waals surface area contributed by atoms with Gasteiger partial charge in [-0.3, -0.25) is 9.59 Å². The summed E-state index contributed by atoms with van der Waals surface area (Å²) in [5.41, 5.74) is 3.75. The number of benzene rings is 3. The highest BCUT2D eigenvalue weighted by molar-refractivity contribution is 6.12. The van der Waals surface area contributed by atoms with E-state index in [0.29, 0.717) is 39.8 Å². The number of carbonyl (C=O) groups excluding carboxylic acids is 2. The van der Waals surface area contributed by atoms with Crippen LogP contribution in [0.4, 0.5) is 4.39 Å². The molecule has 0 aliphatic rings. The van der Waals surface area contributed by atoms with E-state index in [4.69, 9.17) is 4.42 Å². The third-order valence-corrected chi connectivity index (χ3v) is 6.28. The predicted octanol–water partition coefficient (Wildman–Crippen LogP) is 8.44. The van der Waals surface area contributed by atoms with Crippen LogP contribution >= 0.6 is 0 Å². The van der Waals surface area contributed by atoms with Gasteiger partial charge < -0.3 is 9.73 Å². The van der Waals surface area contributed by atoms with Crippen LogP contribution in [0, 0.1) is 11.2 Å². The molecule has 0 radical (unpaired) electrons. The lowest BCUT2D eigenvalue weighted by atomic mass is 9.81. The molecule has 1 heterocycles. The maximum Gasteiger partial charge on any atom is 0.251 e. The zero-order valence-corrected chi connectivity index (χ0v) is 22.4. The highest BCUT2D eigenvalue weighted by Gasteiger charge is 2.27. The number of ketones is 1. The fourth-order valence-corrected chi connectivity index (χ4v) is 5.12. The normalized spacial score (nSPS) is 12.1. The first-order valence-corrected chi connectivity index (χ1v) is 12.7. The lowest BCUT2D eigenvalue weighted by molar-refractivity contribution is 0.0890. The molecule has 5 heteroatoms. The molecule has 0 saturated heterocycles. The second kappa shape index (κ2) is 9.97. The number of hydrogen-bond acceptors (Lipinski definition) is 3. The number of amides is 1. The van der Waals surface area contributed by atoms with Gasteiger partial charge in [0.05, 0.1) is 5.56 Å². The Balaban J connectivity index is 1.72. The molecule has 0 spiro atoms. The molecule has 3 aromatic carbocycles. The van der Waals surface area contributed by atoms with Crippen molar-refractivity contribution in [3.63, 3.8) is 0 Å². The molecule has 0 saturated carbocycles. The summed E-state index contributed by atoms with van der Waals surface area (Å²) in [7, 11) is 0. The van der Waals surface area contributed by atoms with Crippen LogP contribution in [0.3, 0.4) is 0 Å². The van der Waals surface area contributed by atoms with E-state index in [1.165, 1.54) is 12.1 Å². The fraction of sp³-hybridized carbons (Fsp3) is 0.312. The Morgan fingerprint density at radius 3 is 2.16 bits per heavy atom. The van der Waals surface area contributed by atoms with Crippen LogP contribution in [-0.2, 0) is 0 Å². The van der Waals surface area contributed by atoms with E-state index in [-0.39, 0.29) is 28.5 Å². The number of rotatable bonds is 7. The molecule has 0 fully saturated rings. The number of Topliss-reactive ketones (excluding diaryl/α,β-unsaturated/α-hetero) is 1. The van der Waals surface area contributed by atoms with Crippen LogP contribution < -0.4 is 5.32 Å². The first kappa shape index (κ1) is 26.3. The van der Waals surface area contributed by atoms with Crippen LogP contribution in [0.5, 0.6) is 0 Å². The smallest absolute Gasteiger partial charge is 0.251 e. The van der Waals surface area contributed by atoms with Crippen LogP contribution in [0.15, 0.2) is 71.1 Å². The Morgan fingerprint density at radius 1 is 0.865 bits per heavy atom. The summed E-state index contributed by atoms with van der Waals surface area (Å²) in [5, 5.41) is 3.87. The van der Waals surface area contributed by atoms with Crippen molar-refractivity contribution >= 4 is 22.7 Å². The molecule has 0 aliphatic heterocycles. The van der Waals surface area contributed by atoms with E-state index in [9.17, 15) is 14.0 Å². The molecule has 0 aliphatic carbocycles. The van der Waals surface area contributed by atoms with Crippen molar-refractivity contribution in [3.05, 3.63) is 83.7 Å². The zero-order chi connectivity index (χ0) is 27.0. The fourth-order valence-electron chi connectivity index (χ4n) is 5.12. The Hall–Kier alpha value is -3.73. The Bertz CT molecular complexity index is 1460. The Labute approximate surface area is 217 Å². The minimum Gasteiger partial charge on any atom is -0.455 e. The van der Waals surface area contributed by atoms with Gasteiger partial charge >= 0.3 is 0 Å².